The molecule has 1 saturated heterocycles. The van der Waals surface area contributed by atoms with Crippen LogP contribution in [-0.2, 0) is 5.75 Å². The SMILES string of the molecule is c1ccc(OCCSCc2nnc(-c3ccc(OCCCCN4CCCCC4)cc3)o2)cc1. The summed E-state index contributed by atoms with van der Waals surface area (Å²) in [6.07, 6.45) is 6.38. The molecule has 7 heteroatoms. The highest BCUT2D eigenvalue weighted by molar-refractivity contribution is 7.98. The summed E-state index contributed by atoms with van der Waals surface area (Å²) in [5.74, 6) is 4.47. The van der Waals surface area contributed by atoms with Crippen molar-refractivity contribution >= 4 is 11.8 Å². The minimum Gasteiger partial charge on any atom is -0.494 e. The predicted octanol–water partition coefficient (Wildman–Crippen LogP) is 5.69. The van der Waals surface area contributed by atoms with Crippen LogP contribution in [0.5, 0.6) is 11.5 Å². The number of likely N-dealkylation sites (tertiary alicyclic amines) is 1. The van der Waals surface area contributed by atoms with Gasteiger partial charge < -0.3 is 18.8 Å². The summed E-state index contributed by atoms with van der Waals surface area (Å²) in [4.78, 5) is 2.58. The first-order valence-corrected chi connectivity index (χ1v) is 13.1. The fraction of sp³-hybridized carbons (Fsp3) is 0.462. The smallest absolute Gasteiger partial charge is 0.247 e. The highest BCUT2D eigenvalue weighted by atomic mass is 32.2. The van der Waals surface area contributed by atoms with Gasteiger partial charge in [-0.1, -0.05) is 24.6 Å². The molecular weight excluding hydrogens is 434 g/mol. The Hall–Kier alpha value is -2.51. The number of piperidine rings is 1. The van der Waals surface area contributed by atoms with Crippen molar-refractivity contribution in [3.8, 4) is 23.0 Å². The van der Waals surface area contributed by atoms with Crippen molar-refractivity contribution in [3.05, 3.63) is 60.5 Å². The molecule has 1 aliphatic rings. The number of nitrogens with zero attached hydrogens (tertiary/aromatic N) is 3. The van der Waals surface area contributed by atoms with Crippen LogP contribution in [0.2, 0.25) is 0 Å². The van der Waals surface area contributed by atoms with E-state index < -0.39 is 0 Å². The van der Waals surface area contributed by atoms with Gasteiger partial charge in [0, 0.05) is 11.3 Å². The number of thioether (sulfide) groups is 1. The Morgan fingerprint density at radius 1 is 0.818 bits per heavy atom. The lowest BCUT2D eigenvalue weighted by Gasteiger charge is -2.26. The number of para-hydroxylation sites is 1. The van der Waals surface area contributed by atoms with E-state index in [1.807, 2.05) is 54.6 Å². The van der Waals surface area contributed by atoms with E-state index in [2.05, 4.69) is 15.1 Å². The monoisotopic (exact) mass is 467 g/mol. The van der Waals surface area contributed by atoms with E-state index in [1.165, 1.54) is 45.3 Å². The molecule has 1 fully saturated rings. The fourth-order valence-corrected chi connectivity index (χ4v) is 4.46. The second-order valence-electron chi connectivity index (χ2n) is 8.20. The zero-order chi connectivity index (χ0) is 22.6. The van der Waals surface area contributed by atoms with Gasteiger partial charge in [0.15, 0.2) is 0 Å². The van der Waals surface area contributed by atoms with Gasteiger partial charge >= 0.3 is 0 Å². The number of aromatic nitrogens is 2. The summed E-state index contributed by atoms with van der Waals surface area (Å²) >= 11 is 1.71. The van der Waals surface area contributed by atoms with Crippen molar-refractivity contribution in [2.75, 3.05) is 38.6 Å². The van der Waals surface area contributed by atoms with Gasteiger partial charge in [-0.2, -0.15) is 0 Å². The second kappa shape index (κ2) is 13.3. The Bertz CT molecular complexity index is 927. The van der Waals surface area contributed by atoms with E-state index >= 15 is 0 Å². The number of hydrogen-bond acceptors (Lipinski definition) is 7. The Morgan fingerprint density at radius 3 is 2.39 bits per heavy atom. The molecule has 4 rings (SSSR count). The largest absolute Gasteiger partial charge is 0.494 e. The minimum absolute atomic E-state index is 0.541. The van der Waals surface area contributed by atoms with Gasteiger partial charge in [0.25, 0.3) is 0 Å². The van der Waals surface area contributed by atoms with Gasteiger partial charge in [-0.25, -0.2) is 0 Å². The molecule has 176 valence electrons. The molecule has 2 heterocycles. The highest BCUT2D eigenvalue weighted by Crippen LogP contribution is 2.23. The molecule has 0 amide bonds. The van der Waals surface area contributed by atoms with Crippen molar-refractivity contribution in [2.45, 2.75) is 37.9 Å². The maximum atomic E-state index is 5.90. The van der Waals surface area contributed by atoms with E-state index in [9.17, 15) is 0 Å². The third kappa shape index (κ3) is 8.09. The lowest BCUT2D eigenvalue weighted by molar-refractivity contribution is 0.216. The molecule has 0 radical (unpaired) electrons. The van der Waals surface area contributed by atoms with Crippen LogP contribution in [0.25, 0.3) is 11.5 Å². The summed E-state index contributed by atoms with van der Waals surface area (Å²) in [6.45, 7) is 5.13. The molecule has 0 atom stereocenters. The standard InChI is InChI=1S/C26H33N3O3S/c1-3-9-23(10-4-1)31-19-20-33-21-25-27-28-26(32-25)22-11-13-24(14-12-22)30-18-8-7-17-29-15-5-2-6-16-29/h1,3-4,9-14H,2,5-8,15-21H2. The van der Waals surface area contributed by atoms with E-state index in [0.29, 0.717) is 24.1 Å². The molecule has 0 saturated carbocycles. The molecule has 6 nitrogen and oxygen atoms in total. The van der Waals surface area contributed by atoms with Crippen LogP contribution in [-0.4, -0.2) is 53.7 Å². The third-order valence-electron chi connectivity index (χ3n) is 5.62. The lowest BCUT2D eigenvalue weighted by Crippen LogP contribution is -2.30. The van der Waals surface area contributed by atoms with Gasteiger partial charge in [0.1, 0.15) is 11.5 Å². The van der Waals surface area contributed by atoms with Crippen LogP contribution in [0.15, 0.2) is 59.0 Å². The van der Waals surface area contributed by atoms with Gasteiger partial charge in [-0.3, -0.25) is 0 Å². The van der Waals surface area contributed by atoms with E-state index in [4.69, 9.17) is 13.9 Å². The lowest BCUT2D eigenvalue weighted by atomic mass is 10.1. The summed E-state index contributed by atoms with van der Waals surface area (Å²) in [6, 6.07) is 17.7. The van der Waals surface area contributed by atoms with E-state index in [-0.39, 0.29) is 0 Å². The maximum absolute atomic E-state index is 5.90. The molecular formula is C26H33N3O3S. The number of hydrogen-bond donors (Lipinski definition) is 0. The Morgan fingerprint density at radius 2 is 1.58 bits per heavy atom. The topological polar surface area (TPSA) is 60.6 Å². The van der Waals surface area contributed by atoms with E-state index in [0.717, 1.165) is 35.8 Å². The van der Waals surface area contributed by atoms with Crippen molar-refractivity contribution in [1.82, 2.24) is 15.1 Å². The molecule has 0 N–H and O–H groups in total. The fourth-order valence-electron chi connectivity index (χ4n) is 3.83. The molecule has 0 aliphatic carbocycles. The predicted molar refractivity (Wildman–Crippen MR) is 133 cm³/mol. The van der Waals surface area contributed by atoms with Crippen LogP contribution in [0.1, 0.15) is 38.0 Å². The third-order valence-corrected chi connectivity index (χ3v) is 6.53. The molecule has 33 heavy (non-hydrogen) atoms. The van der Waals surface area contributed by atoms with Crippen LogP contribution in [0.4, 0.5) is 0 Å². The number of benzene rings is 2. The molecule has 3 aromatic rings. The Balaban J connectivity index is 1.12. The molecule has 1 aliphatic heterocycles. The summed E-state index contributed by atoms with van der Waals surface area (Å²) < 4.78 is 17.4. The quantitative estimate of drug-likeness (QED) is 0.299. The molecule has 2 aromatic carbocycles. The normalized spacial score (nSPS) is 14.3. The van der Waals surface area contributed by atoms with Crippen LogP contribution in [0.3, 0.4) is 0 Å². The number of rotatable bonds is 13. The van der Waals surface area contributed by atoms with Gasteiger partial charge in [0.2, 0.25) is 11.8 Å². The van der Waals surface area contributed by atoms with Gasteiger partial charge in [0.05, 0.1) is 19.0 Å². The van der Waals surface area contributed by atoms with Gasteiger partial charge in [-0.05, 0) is 81.7 Å². The van der Waals surface area contributed by atoms with Crippen LogP contribution < -0.4 is 9.47 Å². The average Bonchev–Trinajstić information content (AvgIpc) is 3.34. The average molecular weight is 468 g/mol. The summed E-state index contributed by atoms with van der Waals surface area (Å²) in [7, 11) is 0. The van der Waals surface area contributed by atoms with Crippen molar-refractivity contribution < 1.29 is 13.9 Å². The molecule has 0 spiro atoms. The first-order valence-electron chi connectivity index (χ1n) is 11.9. The van der Waals surface area contributed by atoms with Crippen molar-refractivity contribution in [3.63, 3.8) is 0 Å². The van der Waals surface area contributed by atoms with E-state index in [1.54, 1.807) is 11.8 Å². The maximum Gasteiger partial charge on any atom is 0.247 e. The zero-order valence-corrected chi connectivity index (χ0v) is 20.0. The zero-order valence-electron chi connectivity index (χ0n) is 19.2. The first kappa shape index (κ1) is 23.6. The van der Waals surface area contributed by atoms with Crippen LogP contribution >= 0.6 is 11.8 Å². The molecule has 1 aromatic heterocycles. The van der Waals surface area contributed by atoms with Crippen LogP contribution in [0, 0.1) is 0 Å². The summed E-state index contributed by atoms with van der Waals surface area (Å²) in [5.41, 5.74) is 0.906. The Kier molecular flexibility index (Phi) is 9.50. The van der Waals surface area contributed by atoms with Gasteiger partial charge in [-0.15, -0.1) is 22.0 Å². The van der Waals surface area contributed by atoms with Crippen molar-refractivity contribution in [1.29, 1.82) is 0 Å². The molecule has 0 unspecified atom stereocenters. The minimum atomic E-state index is 0.541. The van der Waals surface area contributed by atoms with Crippen molar-refractivity contribution in [2.24, 2.45) is 0 Å². The number of ether oxygens (including phenoxy) is 2. The second-order valence-corrected chi connectivity index (χ2v) is 9.30. The first-order chi connectivity index (χ1) is 16.4. The summed E-state index contributed by atoms with van der Waals surface area (Å²) in [5, 5.41) is 8.35. The Labute approximate surface area is 200 Å². The molecule has 0 bridgehead atoms. The highest BCUT2D eigenvalue weighted by Gasteiger charge is 2.10. The number of unbranched alkanes of at least 4 members (excludes halogenated alkanes) is 1.